The molecule has 2 aliphatic rings. The number of thioether (sulfide) groups is 1. The van der Waals surface area contributed by atoms with Crippen LogP contribution in [0.5, 0.6) is 5.75 Å². The Morgan fingerprint density at radius 3 is 2.36 bits per heavy atom. The molecule has 7 heteroatoms. The predicted molar refractivity (Wildman–Crippen MR) is 111 cm³/mol. The zero-order valence-corrected chi connectivity index (χ0v) is 16.5. The summed E-state index contributed by atoms with van der Waals surface area (Å²) in [5.74, 6) is 0.839. The Hall–Kier alpha value is -1.80. The second kappa shape index (κ2) is 8.69. The van der Waals surface area contributed by atoms with E-state index in [0.29, 0.717) is 11.5 Å². The van der Waals surface area contributed by atoms with E-state index in [1.807, 2.05) is 12.1 Å². The third kappa shape index (κ3) is 4.27. The van der Waals surface area contributed by atoms with Crippen molar-refractivity contribution in [2.24, 2.45) is 0 Å². The van der Waals surface area contributed by atoms with E-state index >= 15 is 0 Å². The fraction of sp³-hybridized carbons (Fsp3) is 0.476. The van der Waals surface area contributed by atoms with Crippen LogP contribution in [0.1, 0.15) is 19.3 Å². The van der Waals surface area contributed by atoms with Gasteiger partial charge in [-0.3, -0.25) is 4.98 Å². The Balaban J connectivity index is 1.40. The molecule has 2 aliphatic heterocycles. The highest BCUT2D eigenvalue weighted by Crippen LogP contribution is 2.30. The van der Waals surface area contributed by atoms with Crippen molar-refractivity contribution in [2.45, 2.75) is 43.0 Å². The third-order valence-corrected chi connectivity index (χ3v) is 6.56. The zero-order chi connectivity index (χ0) is 19.5. The second-order valence-corrected chi connectivity index (χ2v) is 8.47. The van der Waals surface area contributed by atoms with Gasteiger partial charge in [0.25, 0.3) is 0 Å². The van der Waals surface area contributed by atoms with Crippen molar-refractivity contribution < 1.29 is 20.1 Å². The summed E-state index contributed by atoms with van der Waals surface area (Å²) < 4.78 is 5.75. The van der Waals surface area contributed by atoms with Gasteiger partial charge >= 0.3 is 0 Å². The molecule has 0 amide bonds. The summed E-state index contributed by atoms with van der Waals surface area (Å²) in [6.45, 7) is 2.25. The lowest BCUT2D eigenvalue weighted by molar-refractivity contribution is -0.0786. The minimum absolute atomic E-state index is 0.317. The normalized spacial score (nSPS) is 28.2. The number of anilines is 1. The molecule has 2 saturated heterocycles. The summed E-state index contributed by atoms with van der Waals surface area (Å²) >= 11 is 1.28. The minimum atomic E-state index is -1.20. The van der Waals surface area contributed by atoms with E-state index in [-0.39, 0.29) is 0 Å². The smallest absolute Gasteiger partial charge is 0.173 e. The van der Waals surface area contributed by atoms with Crippen molar-refractivity contribution in [2.75, 3.05) is 23.7 Å². The van der Waals surface area contributed by atoms with Crippen LogP contribution in [0.25, 0.3) is 11.3 Å². The van der Waals surface area contributed by atoms with Crippen LogP contribution in [0.15, 0.2) is 42.6 Å². The molecule has 150 valence electrons. The third-order valence-electron chi connectivity index (χ3n) is 5.33. The maximum Gasteiger partial charge on any atom is 0.173 e. The number of aromatic nitrogens is 1. The van der Waals surface area contributed by atoms with E-state index in [1.54, 1.807) is 6.20 Å². The molecule has 1 aromatic carbocycles. The van der Waals surface area contributed by atoms with Crippen LogP contribution in [-0.2, 0) is 0 Å². The lowest BCUT2D eigenvalue weighted by atomic mass is 10.1. The molecule has 0 unspecified atom stereocenters. The number of ether oxygens (including phenoxy) is 1. The molecule has 4 rings (SSSR count). The molecule has 0 saturated carbocycles. The van der Waals surface area contributed by atoms with Gasteiger partial charge < -0.3 is 25.0 Å². The number of pyridine rings is 1. The number of hydrogen-bond donors (Lipinski definition) is 3. The standard InChI is InChI=1S/C21H26N2O4S/c24-18-13-28-21(20(26)19(18)25)27-16-8-9-17(22-12-16)14-4-6-15(7-5-14)23-10-2-1-3-11-23/h4-9,12,18-21,24-26H,1-3,10-11,13H2/t18-,19+,20-,21-/m1/s1. The monoisotopic (exact) mass is 402 g/mol. The van der Waals surface area contributed by atoms with Crippen LogP contribution in [0.3, 0.4) is 0 Å². The van der Waals surface area contributed by atoms with E-state index in [2.05, 4.69) is 34.1 Å². The molecule has 1 aromatic heterocycles. The second-order valence-electron chi connectivity index (χ2n) is 7.34. The van der Waals surface area contributed by atoms with Crippen LogP contribution in [-0.4, -0.2) is 62.9 Å². The average molecular weight is 403 g/mol. The number of nitrogens with zero attached hydrogens (tertiary/aromatic N) is 2. The highest BCUT2D eigenvalue weighted by Gasteiger charge is 2.38. The number of rotatable bonds is 4. The van der Waals surface area contributed by atoms with Gasteiger partial charge in [-0.05, 0) is 43.5 Å². The molecular weight excluding hydrogens is 376 g/mol. The molecule has 0 radical (unpaired) electrons. The molecule has 2 fully saturated rings. The van der Waals surface area contributed by atoms with Gasteiger partial charge in [0.1, 0.15) is 18.0 Å². The molecule has 3 heterocycles. The largest absolute Gasteiger partial charge is 0.475 e. The molecule has 2 aromatic rings. The van der Waals surface area contributed by atoms with Crippen LogP contribution >= 0.6 is 11.8 Å². The van der Waals surface area contributed by atoms with Crippen molar-refractivity contribution in [3.05, 3.63) is 42.6 Å². The van der Waals surface area contributed by atoms with Crippen LogP contribution in [0, 0.1) is 0 Å². The minimum Gasteiger partial charge on any atom is -0.475 e. The van der Waals surface area contributed by atoms with Gasteiger partial charge in [0, 0.05) is 30.1 Å². The van der Waals surface area contributed by atoms with Gasteiger partial charge in [-0.15, -0.1) is 11.8 Å². The van der Waals surface area contributed by atoms with E-state index in [4.69, 9.17) is 4.74 Å². The molecule has 0 aliphatic carbocycles. The number of benzene rings is 1. The first kappa shape index (κ1) is 19.5. The van der Waals surface area contributed by atoms with Crippen LogP contribution in [0.2, 0.25) is 0 Å². The van der Waals surface area contributed by atoms with Crippen molar-refractivity contribution in [1.82, 2.24) is 4.98 Å². The van der Waals surface area contributed by atoms with E-state index in [1.165, 1.54) is 36.7 Å². The first-order chi connectivity index (χ1) is 13.6. The molecule has 0 bridgehead atoms. The van der Waals surface area contributed by atoms with Gasteiger partial charge in [0.15, 0.2) is 5.44 Å². The number of aliphatic hydroxyl groups excluding tert-OH is 3. The number of aliphatic hydroxyl groups is 3. The van der Waals surface area contributed by atoms with Gasteiger partial charge in [0.05, 0.1) is 18.0 Å². The maximum atomic E-state index is 10.1. The lowest BCUT2D eigenvalue weighted by Gasteiger charge is -2.34. The maximum absolute atomic E-state index is 10.1. The molecule has 4 atom stereocenters. The zero-order valence-electron chi connectivity index (χ0n) is 15.6. The number of hydrogen-bond acceptors (Lipinski definition) is 7. The summed E-state index contributed by atoms with van der Waals surface area (Å²) in [5.41, 5.74) is 2.52. The summed E-state index contributed by atoms with van der Waals surface area (Å²) in [7, 11) is 0. The first-order valence-corrected chi connectivity index (χ1v) is 10.8. The molecule has 6 nitrogen and oxygen atoms in total. The van der Waals surface area contributed by atoms with E-state index in [0.717, 1.165) is 24.3 Å². The van der Waals surface area contributed by atoms with E-state index < -0.39 is 23.7 Å². The van der Waals surface area contributed by atoms with Crippen molar-refractivity contribution >= 4 is 17.4 Å². The van der Waals surface area contributed by atoms with Crippen LogP contribution < -0.4 is 9.64 Å². The summed E-state index contributed by atoms with van der Waals surface area (Å²) in [6, 6.07) is 12.2. The Morgan fingerprint density at radius 2 is 1.68 bits per heavy atom. The lowest BCUT2D eigenvalue weighted by Crippen LogP contribution is -2.50. The van der Waals surface area contributed by atoms with Gasteiger partial charge in [-0.1, -0.05) is 12.1 Å². The van der Waals surface area contributed by atoms with Crippen molar-refractivity contribution in [3.63, 3.8) is 0 Å². The SMILES string of the molecule is O[C@@H]1[C@@H](O)[C@H](Oc2ccc(-c3ccc(N4CCCCC4)cc3)nc2)SC[C@H]1O. The Labute approximate surface area is 169 Å². The quantitative estimate of drug-likeness (QED) is 0.723. The predicted octanol–water partition coefficient (Wildman–Crippen LogP) is 2.27. The Morgan fingerprint density at radius 1 is 0.929 bits per heavy atom. The Bertz CT molecular complexity index is 765. The van der Waals surface area contributed by atoms with Crippen LogP contribution in [0.4, 0.5) is 5.69 Å². The highest BCUT2D eigenvalue weighted by molar-refractivity contribution is 7.99. The highest BCUT2D eigenvalue weighted by atomic mass is 32.2. The first-order valence-electron chi connectivity index (χ1n) is 9.76. The van der Waals surface area contributed by atoms with E-state index in [9.17, 15) is 15.3 Å². The fourth-order valence-corrected chi connectivity index (χ4v) is 4.75. The average Bonchev–Trinajstić information content (AvgIpc) is 2.75. The molecule has 3 N–H and O–H groups in total. The summed E-state index contributed by atoms with van der Waals surface area (Å²) in [4.78, 5) is 6.90. The Kier molecular flexibility index (Phi) is 6.06. The fourth-order valence-electron chi connectivity index (χ4n) is 3.63. The molecule has 0 spiro atoms. The van der Waals surface area contributed by atoms with Gasteiger partial charge in [-0.2, -0.15) is 0 Å². The molecule has 28 heavy (non-hydrogen) atoms. The molecular formula is C21H26N2O4S. The summed E-state index contributed by atoms with van der Waals surface area (Å²) in [5, 5.41) is 29.4. The summed E-state index contributed by atoms with van der Waals surface area (Å²) in [6.07, 6.45) is 2.19. The van der Waals surface area contributed by atoms with Gasteiger partial charge in [0.2, 0.25) is 0 Å². The topological polar surface area (TPSA) is 86.0 Å². The van der Waals surface area contributed by atoms with Gasteiger partial charge in [-0.25, -0.2) is 0 Å². The van der Waals surface area contributed by atoms with Crippen molar-refractivity contribution in [3.8, 4) is 17.0 Å². The van der Waals surface area contributed by atoms with Crippen molar-refractivity contribution in [1.29, 1.82) is 0 Å². The number of piperidine rings is 1.